The van der Waals surface area contributed by atoms with Crippen LogP contribution >= 0.6 is 0 Å². The third kappa shape index (κ3) is 4.35. The number of para-hydroxylation sites is 1. The lowest BCUT2D eigenvalue weighted by Crippen LogP contribution is -2.38. The molecule has 1 saturated heterocycles. The van der Waals surface area contributed by atoms with Crippen LogP contribution in [0.5, 0.6) is 0 Å². The number of carbonyl (C=O) groups excluding carboxylic acids is 1. The molecule has 0 saturated carbocycles. The van der Waals surface area contributed by atoms with Gasteiger partial charge < -0.3 is 10.6 Å². The Labute approximate surface area is 121 Å². The fraction of sp³-hybridized carbons (Fsp3) is 0.500. The molecule has 1 aromatic carbocycles. The van der Waals surface area contributed by atoms with Gasteiger partial charge in [0.05, 0.1) is 12.1 Å². The van der Waals surface area contributed by atoms with Crippen molar-refractivity contribution in [3.8, 4) is 0 Å². The summed E-state index contributed by atoms with van der Waals surface area (Å²) in [5.41, 5.74) is 6.56. The summed E-state index contributed by atoms with van der Waals surface area (Å²) >= 11 is 0. The van der Waals surface area contributed by atoms with Gasteiger partial charge in [-0.25, -0.2) is 0 Å². The first-order valence-electron chi connectivity index (χ1n) is 6.80. The Kier molecular flexibility index (Phi) is 4.72. The number of nitrogen functional groups attached to an aromatic ring is 1. The molecule has 0 aromatic heterocycles. The number of hydrogen-bond acceptors (Lipinski definition) is 3. The highest BCUT2D eigenvalue weighted by Crippen LogP contribution is 2.19. The van der Waals surface area contributed by atoms with Crippen molar-refractivity contribution in [2.24, 2.45) is 0 Å². The molecule has 7 heteroatoms. The number of carbonyl (C=O) groups is 1. The van der Waals surface area contributed by atoms with Crippen LogP contribution in [0.25, 0.3) is 0 Å². The molecule has 1 amide bonds. The number of halogens is 3. The Morgan fingerprint density at radius 3 is 2.52 bits per heavy atom. The Balaban J connectivity index is 2.00. The van der Waals surface area contributed by atoms with Crippen molar-refractivity contribution in [3.63, 3.8) is 0 Å². The van der Waals surface area contributed by atoms with Crippen molar-refractivity contribution in [2.75, 3.05) is 38.5 Å². The molecule has 1 aliphatic heterocycles. The van der Waals surface area contributed by atoms with E-state index >= 15 is 0 Å². The summed E-state index contributed by atoms with van der Waals surface area (Å²) < 4.78 is 37.2. The van der Waals surface area contributed by atoms with Crippen LogP contribution in [-0.4, -0.2) is 54.6 Å². The van der Waals surface area contributed by atoms with E-state index in [0.29, 0.717) is 30.8 Å². The van der Waals surface area contributed by atoms with E-state index in [-0.39, 0.29) is 19.0 Å². The number of nitrogens with zero attached hydrogens (tertiary/aromatic N) is 2. The molecule has 0 spiro atoms. The van der Waals surface area contributed by atoms with Crippen molar-refractivity contribution >= 4 is 11.6 Å². The highest BCUT2D eigenvalue weighted by molar-refractivity contribution is 5.99. The van der Waals surface area contributed by atoms with Crippen molar-refractivity contribution in [1.29, 1.82) is 0 Å². The highest BCUT2D eigenvalue weighted by Gasteiger charge is 2.32. The molecular formula is C14H18F3N3O. The van der Waals surface area contributed by atoms with Gasteiger partial charge in [0.15, 0.2) is 0 Å². The highest BCUT2D eigenvalue weighted by atomic mass is 19.4. The summed E-state index contributed by atoms with van der Waals surface area (Å²) in [4.78, 5) is 15.3. The monoisotopic (exact) mass is 301 g/mol. The average molecular weight is 301 g/mol. The molecule has 0 radical (unpaired) electrons. The molecular weight excluding hydrogens is 283 g/mol. The molecule has 1 heterocycles. The molecule has 1 fully saturated rings. The lowest BCUT2D eigenvalue weighted by molar-refractivity contribution is -0.145. The van der Waals surface area contributed by atoms with Gasteiger partial charge in [-0.15, -0.1) is 0 Å². The number of nitrogens with two attached hydrogens (primary N) is 1. The maximum Gasteiger partial charge on any atom is 0.401 e. The number of alkyl halides is 3. The second-order valence-electron chi connectivity index (χ2n) is 5.12. The summed E-state index contributed by atoms with van der Waals surface area (Å²) in [6, 6.07) is 6.73. The van der Waals surface area contributed by atoms with Crippen molar-refractivity contribution < 1.29 is 18.0 Å². The molecule has 2 rings (SSSR count). The quantitative estimate of drug-likeness (QED) is 0.850. The minimum atomic E-state index is -4.21. The molecule has 4 nitrogen and oxygen atoms in total. The Hall–Kier alpha value is -1.76. The van der Waals surface area contributed by atoms with Crippen molar-refractivity contribution in [3.05, 3.63) is 29.8 Å². The summed E-state index contributed by atoms with van der Waals surface area (Å²) in [6.45, 7) is 0.360. The van der Waals surface area contributed by atoms with Gasteiger partial charge in [0, 0.05) is 31.9 Å². The average Bonchev–Trinajstić information content (AvgIpc) is 2.62. The topological polar surface area (TPSA) is 49.6 Å². The molecule has 21 heavy (non-hydrogen) atoms. The zero-order valence-corrected chi connectivity index (χ0v) is 11.6. The van der Waals surface area contributed by atoms with Crippen LogP contribution in [0.1, 0.15) is 16.8 Å². The smallest absolute Gasteiger partial charge is 0.398 e. The minimum Gasteiger partial charge on any atom is -0.398 e. The van der Waals surface area contributed by atoms with E-state index in [4.69, 9.17) is 5.73 Å². The van der Waals surface area contributed by atoms with E-state index in [1.54, 1.807) is 29.2 Å². The summed E-state index contributed by atoms with van der Waals surface area (Å²) in [5, 5.41) is 0. The van der Waals surface area contributed by atoms with Crippen LogP contribution < -0.4 is 5.73 Å². The second kappa shape index (κ2) is 6.34. The largest absolute Gasteiger partial charge is 0.401 e. The van der Waals surface area contributed by atoms with Gasteiger partial charge in [-0.05, 0) is 18.6 Å². The van der Waals surface area contributed by atoms with E-state index in [0.717, 1.165) is 0 Å². The molecule has 116 valence electrons. The van der Waals surface area contributed by atoms with Crippen molar-refractivity contribution in [2.45, 2.75) is 12.6 Å². The van der Waals surface area contributed by atoms with E-state index in [9.17, 15) is 18.0 Å². The van der Waals surface area contributed by atoms with E-state index in [1.165, 1.54) is 4.90 Å². The van der Waals surface area contributed by atoms with Gasteiger partial charge in [0.25, 0.3) is 5.91 Å². The maximum atomic E-state index is 12.4. The third-order valence-corrected chi connectivity index (χ3v) is 3.47. The van der Waals surface area contributed by atoms with Gasteiger partial charge in [0.2, 0.25) is 0 Å². The first-order chi connectivity index (χ1) is 9.87. The molecule has 0 atom stereocenters. The van der Waals surface area contributed by atoms with Crippen molar-refractivity contribution in [1.82, 2.24) is 9.80 Å². The maximum absolute atomic E-state index is 12.4. The summed E-state index contributed by atoms with van der Waals surface area (Å²) in [5.74, 6) is -0.220. The van der Waals surface area contributed by atoms with E-state index < -0.39 is 12.7 Å². The summed E-state index contributed by atoms with van der Waals surface area (Å²) in [6.07, 6.45) is -3.68. The standard InChI is InChI=1S/C14H18F3N3O/c15-14(16,17)10-19-6-3-7-20(9-8-19)13(21)11-4-1-2-5-12(11)18/h1-2,4-5H,3,6-10,18H2. The van der Waals surface area contributed by atoms with Crippen LogP contribution in [0.15, 0.2) is 24.3 Å². The van der Waals surface area contributed by atoms with Gasteiger partial charge in [-0.2, -0.15) is 13.2 Å². The lowest BCUT2D eigenvalue weighted by atomic mass is 10.1. The van der Waals surface area contributed by atoms with Crippen LogP contribution in [0.4, 0.5) is 18.9 Å². The predicted octanol–water partition coefficient (Wildman–Crippen LogP) is 1.98. The van der Waals surface area contributed by atoms with Gasteiger partial charge in [0.1, 0.15) is 0 Å². The number of benzene rings is 1. The first-order valence-corrected chi connectivity index (χ1v) is 6.80. The fourth-order valence-electron chi connectivity index (χ4n) is 2.45. The van der Waals surface area contributed by atoms with Gasteiger partial charge >= 0.3 is 6.18 Å². The molecule has 0 unspecified atom stereocenters. The van der Waals surface area contributed by atoms with Gasteiger partial charge in [-0.3, -0.25) is 9.69 Å². The van der Waals surface area contributed by atoms with E-state index in [2.05, 4.69) is 0 Å². The first kappa shape index (κ1) is 15.6. The van der Waals surface area contributed by atoms with Crippen LogP contribution in [0, 0.1) is 0 Å². The second-order valence-corrected chi connectivity index (χ2v) is 5.12. The normalized spacial score (nSPS) is 17.6. The molecule has 1 aromatic rings. The Morgan fingerprint density at radius 1 is 1.14 bits per heavy atom. The molecule has 0 aliphatic carbocycles. The van der Waals surface area contributed by atoms with Gasteiger partial charge in [-0.1, -0.05) is 12.1 Å². The number of rotatable bonds is 2. The van der Waals surface area contributed by atoms with Crippen LogP contribution in [0.2, 0.25) is 0 Å². The molecule has 1 aliphatic rings. The summed E-state index contributed by atoms with van der Waals surface area (Å²) in [7, 11) is 0. The lowest BCUT2D eigenvalue weighted by Gasteiger charge is -2.23. The van der Waals surface area contributed by atoms with Crippen LogP contribution in [0.3, 0.4) is 0 Å². The zero-order valence-electron chi connectivity index (χ0n) is 11.6. The fourth-order valence-corrected chi connectivity index (χ4v) is 2.45. The van der Waals surface area contributed by atoms with E-state index in [1.807, 2.05) is 0 Å². The Morgan fingerprint density at radius 2 is 1.86 bits per heavy atom. The predicted molar refractivity (Wildman–Crippen MR) is 73.9 cm³/mol. The third-order valence-electron chi connectivity index (χ3n) is 3.47. The zero-order chi connectivity index (χ0) is 15.5. The number of hydrogen-bond donors (Lipinski definition) is 1. The number of amides is 1. The number of anilines is 1. The Bertz CT molecular complexity index is 504. The van der Waals surface area contributed by atoms with Crippen LogP contribution in [-0.2, 0) is 0 Å². The molecule has 0 bridgehead atoms. The SMILES string of the molecule is Nc1ccccc1C(=O)N1CCCN(CC(F)(F)F)CC1. The minimum absolute atomic E-state index is 0.220. The molecule has 2 N–H and O–H groups in total.